The van der Waals surface area contributed by atoms with Crippen LogP contribution in [0.3, 0.4) is 0 Å². The number of thiophene rings is 1. The van der Waals surface area contributed by atoms with E-state index in [0.29, 0.717) is 29.9 Å². The maximum Gasteiger partial charge on any atom is 0.192 e. The van der Waals surface area contributed by atoms with Gasteiger partial charge in [0.2, 0.25) is 0 Å². The average Bonchev–Trinajstić information content (AvgIpc) is 3.31. The first kappa shape index (κ1) is 20.8. The number of ketones is 1. The lowest BCUT2D eigenvalue weighted by Gasteiger charge is -2.09. The first-order chi connectivity index (χ1) is 13.6. The molecule has 0 fully saturated rings. The Labute approximate surface area is 181 Å². The van der Waals surface area contributed by atoms with Gasteiger partial charge in [-0.05, 0) is 52.2 Å². The molecule has 0 aliphatic carbocycles. The van der Waals surface area contributed by atoms with Crippen molar-refractivity contribution in [3.63, 3.8) is 0 Å². The Balaban J connectivity index is 1.64. The quantitative estimate of drug-likeness (QED) is 0.222. The van der Waals surface area contributed by atoms with E-state index in [2.05, 4.69) is 51.8 Å². The second-order valence-corrected chi connectivity index (χ2v) is 9.31. The number of hydrogen-bond donors (Lipinski definition) is 0. The van der Waals surface area contributed by atoms with Crippen molar-refractivity contribution in [2.24, 2.45) is 0 Å². The molecule has 0 amide bonds. The predicted octanol–water partition coefficient (Wildman–Crippen LogP) is 5.40. The van der Waals surface area contributed by atoms with Crippen LogP contribution in [-0.2, 0) is 19.6 Å². The van der Waals surface area contributed by atoms with Crippen LogP contribution in [0.15, 0.2) is 58.0 Å². The van der Waals surface area contributed by atoms with E-state index >= 15 is 0 Å². The Hall–Kier alpha value is -1.90. The van der Waals surface area contributed by atoms with Crippen LogP contribution in [0.4, 0.5) is 0 Å². The molecule has 0 aliphatic heterocycles. The van der Waals surface area contributed by atoms with Gasteiger partial charge in [-0.15, -0.1) is 28.1 Å². The van der Waals surface area contributed by atoms with Crippen molar-refractivity contribution in [3.8, 4) is 5.75 Å². The van der Waals surface area contributed by atoms with Gasteiger partial charge in [-0.3, -0.25) is 9.36 Å². The molecule has 0 radical (unpaired) electrons. The van der Waals surface area contributed by atoms with Gasteiger partial charge in [-0.2, -0.15) is 0 Å². The zero-order chi connectivity index (χ0) is 19.9. The highest BCUT2D eigenvalue weighted by atomic mass is 79.9. The molecule has 0 atom stereocenters. The third-order valence-electron chi connectivity index (χ3n) is 3.99. The van der Waals surface area contributed by atoms with Crippen molar-refractivity contribution in [2.45, 2.75) is 31.7 Å². The Kier molecular flexibility index (Phi) is 7.47. The Morgan fingerprint density at radius 2 is 2.07 bits per heavy atom. The lowest BCUT2D eigenvalue weighted by molar-refractivity contribution is 0.102. The maximum atomic E-state index is 12.3. The molecule has 2 heterocycles. The van der Waals surface area contributed by atoms with Gasteiger partial charge in [0.05, 0.1) is 14.4 Å². The van der Waals surface area contributed by atoms with E-state index in [-0.39, 0.29) is 5.78 Å². The lowest BCUT2D eigenvalue weighted by Crippen LogP contribution is -2.08. The van der Waals surface area contributed by atoms with Gasteiger partial charge < -0.3 is 4.74 Å². The van der Waals surface area contributed by atoms with Gasteiger partial charge in [-0.25, -0.2) is 0 Å². The first-order valence-corrected chi connectivity index (χ1v) is 11.4. The minimum absolute atomic E-state index is 0.0719. The van der Waals surface area contributed by atoms with Crippen molar-refractivity contribution in [1.82, 2.24) is 14.8 Å². The number of allylic oxidation sites excluding steroid dienone is 1. The molecule has 1 aromatic carbocycles. The summed E-state index contributed by atoms with van der Waals surface area (Å²) in [6.07, 6.45) is 2.78. The fourth-order valence-electron chi connectivity index (χ4n) is 2.48. The number of aromatic nitrogens is 3. The third-order valence-corrected chi connectivity index (χ3v) is 6.62. The second kappa shape index (κ2) is 10.0. The van der Waals surface area contributed by atoms with E-state index in [0.717, 1.165) is 20.8 Å². The SMILES string of the molecule is C=CCn1c(COc2ccc(CC)cc2)nnc1SCC(=O)c1ccc(Br)s1. The highest BCUT2D eigenvalue weighted by molar-refractivity contribution is 9.11. The summed E-state index contributed by atoms with van der Waals surface area (Å²) >= 11 is 6.19. The van der Waals surface area contributed by atoms with Gasteiger partial charge in [-0.1, -0.05) is 36.9 Å². The lowest BCUT2D eigenvalue weighted by atomic mass is 10.2. The number of ether oxygens (including phenoxy) is 1. The zero-order valence-corrected chi connectivity index (χ0v) is 18.6. The van der Waals surface area contributed by atoms with E-state index in [1.807, 2.05) is 28.8 Å². The molecule has 2 aromatic heterocycles. The van der Waals surface area contributed by atoms with Crippen LogP contribution in [0.25, 0.3) is 0 Å². The zero-order valence-electron chi connectivity index (χ0n) is 15.4. The van der Waals surface area contributed by atoms with Crippen LogP contribution < -0.4 is 4.74 Å². The number of carbonyl (C=O) groups is 1. The highest BCUT2D eigenvalue weighted by Gasteiger charge is 2.15. The number of halogens is 1. The van der Waals surface area contributed by atoms with Crippen molar-refractivity contribution in [2.75, 3.05) is 5.75 Å². The summed E-state index contributed by atoms with van der Waals surface area (Å²) in [5.74, 6) is 1.87. The Morgan fingerprint density at radius 1 is 1.29 bits per heavy atom. The molecule has 8 heteroatoms. The fourth-order valence-corrected chi connectivity index (χ4v) is 4.74. The molecular weight excluding hydrogens is 458 g/mol. The number of benzene rings is 1. The highest BCUT2D eigenvalue weighted by Crippen LogP contribution is 2.25. The third kappa shape index (κ3) is 5.33. The molecule has 0 spiro atoms. The fraction of sp³-hybridized carbons (Fsp3) is 0.250. The van der Waals surface area contributed by atoms with E-state index in [1.165, 1.54) is 28.7 Å². The van der Waals surface area contributed by atoms with Crippen molar-refractivity contribution < 1.29 is 9.53 Å². The molecule has 0 unspecified atom stereocenters. The van der Waals surface area contributed by atoms with Gasteiger partial charge in [0.15, 0.2) is 16.8 Å². The molecule has 146 valence electrons. The van der Waals surface area contributed by atoms with E-state index in [9.17, 15) is 4.79 Å². The largest absolute Gasteiger partial charge is 0.486 e. The van der Waals surface area contributed by atoms with E-state index in [1.54, 1.807) is 6.08 Å². The number of Topliss-reactive ketones (excluding diaryl/α,β-unsaturated/α-hetero) is 1. The summed E-state index contributed by atoms with van der Waals surface area (Å²) in [5, 5.41) is 9.16. The van der Waals surface area contributed by atoms with Crippen LogP contribution in [0.1, 0.15) is 28.0 Å². The number of hydrogen-bond acceptors (Lipinski definition) is 6. The number of aryl methyl sites for hydroxylation is 1. The number of thioether (sulfide) groups is 1. The molecule has 3 aromatic rings. The van der Waals surface area contributed by atoms with Crippen LogP contribution in [0.5, 0.6) is 5.75 Å². The minimum atomic E-state index is 0.0719. The van der Waals surface area contributed by atoms with E-state index < -0.39 is 0 Å². The molecule has 3 rings (SSSR count). The molecule has 5 nitrogen and oxygen atoms in total. The van der Waals surface area contributed by atoms with Gasteiger partial charge in [0, 0.05) is 6.54 Å². The number of carbonyl (C=O) groups excluding carboxylic acids is 1. The van der Waals surface area contributed by atoms with Crippen LogP contribution >= 0.6 is 39.0 Å². The van der Waals surface area contributed by atoms with Gasteiger partial charge >= 0.3 is 0 Å². The normalized spacial score (nSPS) is 10.8. The number of nitrogens with zero attached hydrogens (tertiary/aromatic N) is 3. The summed E-state index contributed by atoms with van der Waals surface area (Å²) in [5.41, 5.74) is 1.27. The monoisotopic (exact) mass is 477 g/mol. The molecular formula is C20H20BrN3O2S2. The standard InChI is InChI=1S/C20H20BrN3O2S2/c1-3-11-24-19(12-26-15-7-5-14(4-2)6-8-15)22-23-20(24)27-13-16(25)17-9-10-18(21)28-17/h3,5-10H,1,4,11-13H2,2H3. The Bertz CT molecular complexity index is 951. The smallest absolute Gasteiger partial charge is 0.192 e. The molecule has 0 bridgehead atoms. The molecule has 0 N–H and O–H groups in total. The van der Waals surface area contributed by atoms with Crippen LogP contribution in [-0.4, -0.2) is 26.3 Å². The van der Waals surface area contributed by atoms with Gasteiger partial charge in [0.25, 0.3) is 0 Å². The summed E-state index contributed by atoms with van der Waals surface area (Å²) < 4.78 is 8.72. The molecule has 0 saturated carbocycles. The Morgan fingerprint density at radius 3 is 2.71 bits per heavy atom. The first-order valence-electron chi connectivity index (χ1n) is 8.76. The average molecular weight is 478 g/mol. The summed E-state index contributed by atoms with van der Waals surface area (Å²) in [7, 11) is 0. The van der Waals surface area contributed by atoms with Crippen LogP contribution in [0.2, 0.25) is 0 Å². The minimum Gasteiger partial charge on any atom is -0.486 e. The maximum absolute atomic E-state index is 12.3. The van der Waals surface area contributed by atoms with Crippen molar-refractivity contribution in [1.29, 1.82) is 0 Å². The van der Waals surface area contributed by atoms with Gasteiger partial charge in [0.1, 0.15) is 12.4 Å². The van der Waals surface area contributed by atoms with Crippen molar-refractivity contribution >= 4 is 44.8 Å². The van der Waals surface area contributed by atoms with E-state index in [4.69, 9.17) is 4.74 Å². The van der Waals surface area contributed by atoms with Crippen LogP contribution in [0, 0.1) is 0 Å². The summed E-state index contributed by atoms with van der Waals surface area (Å²) in [6.45, 7) is 6.79. The number of rotatable bonds is 10. The molecule has 28 heavy (non-hydrogen) atoms. The van der Waals surface area contributed by atoms with Crippen molar-refractivity contribution in [3.05, 3.63) is 69.1 Å². The molecule has 0 aliphatic rings. The second-order valence-electron chi connectivity index (χ2n) is 5.90. The topological polar surface area (TPSA) is 57.0 Å². The predicted molar refractivity (Wildman–Crippen MR) is 117 cm³/mol. The summed E-state index contributed by atoms with van der Waals surface area (Å²) in [4.78, 5) is 13.1. The summed E-state index contributed by atoms with van der Waals surface area (Å²) in [6, 6.07) is 11.7. The molecule has 0 saturated heterocycles.